The first-order chi connectivity index (χ1) is 12.5. The minimum Gasteiger partial charge on any atom is -0.367 e. The van der Waals surface area contributed by atoms with Crippen molar-refractivity contribution in [3.8, 4) is 0 Å². The van der Waals surface area contributed by atoms with Gasteiger partial charge in [0.05, 0.1) is 11.6 Å². The lowest BCUT2D eigenvalue weighted by Gasteiger charge is -2.16. The van der Waals surface area contributed by atoms with Crippen LogP contribution in [0.3, 0.4) is 0 Å². The molecule has 0 aliphatic carbocycles. The number of amides is 1. The van der Waals surface area contributed by atoms with Crippen LogP contribution < -0.4 is 5.32 Å². The molecule has 0 radical (unpaired) electrons. The van der Waals surface area contributed by atoms with Gasteiger partial charge in [-0.3, -0.25) is 9.69 Å². The predicted molar refractivity (Wildman–Crippen MR) is 115 cm³/mol. The third-order valence-electron chi connectivity index (χ3n) is 3.81. The Balaban J connectivity index is 1.64. The molecule has 1 aliphatic heterocycles. The van der Waals surface area contributed by atoms with E-state index in [9.17, 15) is 4.79 Å². The Labute approximate surface area is 167 Å². The molecule has 2 aromatic carbocycles. The van der Waals surface area contributed by atoms with Gasteiger partial charge >= 0.3 is 0 Å². The van der Waals surface area contributed by atoms with Gasteiger partial charge in [0, 0.05) is 10.7 Å². The van der Waals surface area contributed by atoms with E-state index in [1.54, 1.807) is 11.0 Å². The van der Waals surface area contributed by atoms with Gasteiger partial charge in [0.2, 0.25) is 0 Å². The summed E-state index contributed by atoms with van der Waals surface area (Å²) >= 11 is 12.7. The molecular formula is C20H17ClN2OS2. The highest BCUT2D eigenvalue weighted by Gasteiger charge is 2.31. The standard InChI is InChI=1S/C20H17ClN2OS2/c1-14-12-16(10-11-17(14)21)22-13-23-19(24)18(26-20(23)25)9-5-8-15-6-3-2-4-7-15/h2-12,22H,13H2,1H3/b8-5+,18-9-. The van der Waals surface area contributed by atoms with E-state index in [0.717, 1.165) is 16.8 Å². The van der Waals surface area contributed by atoms with Crippen LogP contribution in [0, 0.1) is 6.92 Å². The number of nitrogens with one attached hydrogen (secondary N) is 1. The number of nitrogens with zero attached hydrogens (tertiary/aromatic N) is 1. The summed E-state index contributed by atoms with van der Waals surface area (Å²) in [6.07, 6.45) is 5.64. The van der Waals surface area contributed by atoms with Crippen LogP contribution in [0.1, 0.15) is 11.1 Å². The molecule has 1 fully saturated rings. The number of carbonyl (C=O) groups excluding carboxylic acids is 1. The Morgan fingerprint density at radius 2 is 2.00 bits per heavy atom. The molecule has 0 atom stereocenters. The molecule has 6 heteroatoms. The van der Waals surface area contributed by atoms with Gasteiger partial charge < -0.3 is 5.32 Å². The van der Waals surface area contributed by atoms with Gasteiger partial charge in [0.15, 0.2) is 0 Å². The van der Waals surface area contributed by atoms with Crippen molar-refractivity contribution < 1.29 is 4.79 Å². The van der Waals surface area contributed by atoms with Crippen molar-refractivity contribution in [2.24, 2.45) is 0 Å². The molecular weight excluding hydrogens is 384 g/mol. The van der Waals surface area contributed by atoms with Crippen LogP contribution in [0.2, 0.25) is 5.02 Å². The van der Waals surface area contributed by atoms with Crippen LogP contribution in [0.25, 0.3) is 6.08 Å². The second-order valence-electron chi connectivity index (χ2n) is 5.70. The fourth-order valence-corrected chi connectivity index (χ4v) is 3.71. The van der Waals surface area contributed by atoms with Gasteiger partial charge in [-0.05, 0) is 42.3 Å². The largest absolute Gasteiger partial charge is 0.367 e. The minimum absolute atomic E-state index is 0.0871. The van der Waals surface area contributed by atoms with Crippen LogP contribution in [0.4, 0.5) is 5.69 Å². The summed E-state index contributed by atoms with van der Waals surface area (Å²) in [4.78, 5) is 14.7. The Kier molecular flexibility index (Phi) is 6.14. The average molecular weight is 401 g/mol. The topological polar surface area (TPSA) is 32.3 Å². The Morgan fingerprint density at radius 1 is 1.23 bits per heavy atom. The molecule has 132 valence electrons. The molecule has 0 saturated carbocycles. The molecule has 1 aliphatic rings. The van der Waals surface area contributed by atoms with Crippen molar-refractivity contribution in [3.63, 3.8) is 0 Å². The highest BCUT2D eigenvalue weighted by molar-refractivity contribution is 8.26. The van der Waals surface area contributed by atoms with E-state index in [0.29, 0.717) is 20.9 Å². The zero-order valence-corrected chi connectivity index (χ0v) is 16.5. The third-order valence-corrected chi connectivity index (χ3v) is 5.63. The van der Waals surface area contributed by atoms with Gasteiger partial charge in [0.25, 0.3) is 5.91 Å². The van der Waals surface area contributed by atoms with Crippen molar-refractivity contribution >= 4 is 57.6 Å². The van der Waals surface area contributed by atoms with Gasteiger partial charge in [0.1, 0.15) is 4.32 Å². The predicted octanol–water partition coefficient (Wildman–Crippen LogP) is 5.48. The second-order valence-corrected chi connectivity index (χ2v) is 7.78. The quantitative estimate of drug-likeness (QED) is 0.532. The maximum atomic E-state index is 12.6. The highest BCUT2D eigenvalue weighted by Crippen LogP contribution is 2.31. The number of aryl methyl sites for hydroxylation is 1. The van der Waals surface area contributed by atoms with E-state index < -0.39 is 0 Å². The molecule has 0 bridgehead atoms. The molecule has 0 spiro atoms. The normalized spacial score (nSPS) is 16.1. The molecule has 2 aromatic rings. The van der Waals surface area contributed by atoms with E-state index in [2.05, 4.69) is 5.32 Å². The number of thioether (sulfide) groups is 1. The van der Waals surface area contributed by atoms with E-state index in [4.69, 9.17) is 23.8 Å². The number of carbonyl (C=O) groups is 1. The van der Waals surface area contributed by atoms with E-state index in [1.165, 1.54) is 11.8 Å². The number of benzene rings is 2. The Bertz CT molecular complexity index is 894. The SMILES string of the molecule is Cc1cc(NCN2C(=O)/C(=C/C=C/c3ccccc3)SC2=S)ccc1Cl. The van der Waals surface area contributed by atoms with Gasteiger partial charge in [-0.2, -0.15) is 0 Å². The molecule has 26 heavy (non-hydrogen) atoms. The summed E-state index contributed by atoms with van der Waals surface area (Å²) in [5.41, 5.74) is 2.96. The lowest BCUT2D eigenvalue weighted by molar-refractivity contribution is -0.121. The number of thiocarbonyl (C=S) groups is 1. The maximum Gasteiger partial charge on any atom is 0.267 e. The Morgan fingerprint density at radius 3 is 2.73 bits per heavy atom. The number of allylic oxidation sites excluding steroid dienone is 2. The zero-order chi connectivity index (χ0) is 18.5. The molecule has 0 unspecified atom stereocenters. The molecule has 1 heterocycles. The summed E-state index contributed by atoms with van der Waals surface area (Å²) in [5.74, 6) is -0.0871. The highest BCUT2D eigenvalue weighted by atomic mass is 35.5. The van der Waals surface area contributed by atoms with E-state index in [1.807, 2.05) is 67.6 Å². The summed E-state index contributed by atoms with van der Waals surface area (Å²) in [6.45, 7) is 2.26. The van der Waals surface area contributed by atoms with E-state index >= 15 is 0 Å². The zero-order valence-electron chi connectivity index (χ0n) is 14.1. The molecule has 0 aromatic heterocycles. The summed E-state index contributed by atoms with van der Waals surface area (Å²) in [7, 11) is 0. The number of hydrogen-bond donors (Lipinski definition) is 1. The summed E-state index contributed by atoms with van der Waals surface area (Å²) in [6, 6.07) is 15.6. The molecule has 1 amide bonds. The molecule has 3 nitrogen and oxygen atoms in total. The van der Waals surface area contributed by atoms with Crippen LogP contribution in [-0.4, -0.2) is 21.8 Å². The van der Waals surface area contributed by atoms with Crippen molar-refractivity contribution in [1.29, 1.82) is 0 Å². The first-order valence-electron chi connectivity index (χ1n) is 8.02. The fourth-order valence-electron chi connectivity index (χ4n) is 2.39. The van der Waals surface area contributed by atoms with Crippen LogP contribution in [0.15, 0.2) is 65.6 Å². The van der Waals surface area contributed by atoms with E-state index in [-0.39, 0.29) is 5.91 Å². The number of halogens is 1. The number of rotatable bonds is 5. The Hall–Kier alpha value is -2.08. The third kappa shape index (κ3) is 4.55. The average Bonchev–Trinajstić information content (AvgIpc) is 2.90. The number of anilines is 1. The van der Waals surface area contributed by atoms with Gasteiger partial charge in [-0.15, -0.1) is 0 Å². The van der Waals surface area contributed by atoms with Gasteiger partial charge in [-0.1, -0.05) is 78.1 Å². The minimum atomic E-state index is -0.0871. The second kappa shape index (κ2) is 8.54. The van der Waals surface area contributed by atoms with Crippen molar-refractivity contribution in [1.82, 2.24) is 4.90 Å². The van der Waals surface area contributed by atoms with Crippen LogP contribution in [-0.2, 0) is 4.79 Å². The first kappa shape index (κ1) is 18.7. The summed E-state index contributed by atoms with van der Waals surface area (Å²) in [5, 5.41) is 3.94. The lowest BCUT2D eigenvalue weighted by Crippen LogP contribution is -2.33. The first-order valence-corrected chi connectivity index (χ1v) is 9.62. The fraction of sp³-hybridized carbons (Fsp3) is 0.100. The van der Waals surface area contributed by atoms with Crippen molar-refractivity contribution in [2.45, 2.75) is 6.92 Å². The van der Waals surface area contributed by atoms with Crippen LogP contribution >= 0.6 is 35.6 Å². The van der Waals surface area contributed by atoms with Crippen LogP contribution in [0.5, 0.6) is 0 Å². The summed E-state index contributed by atoms with van der Waals surface area (Å²) < 4.78 is 0.549. The number of hydrogen-bond acceptors (Lipinski definition) is 4. The van der Waals surface area contributed by atoms with Crippen molar-refractivity contribution in [2.75, 3.05) is 12.0 Å². The molecule has 1 N–H and O–H groups in total. The maximum absolute atomic E-state index is 12.6. The molecule has 1 saturated heterocycles. The smallest absolute Gasteiger partial charge is 0.267 e. The van der Waals surface area contributed by atoms with Crippen molar-refractivity contribution in [3.05, 3.63) is 81.7 Å². The monoisotopic (exact) mass is 400 g/mol. The lowest BCUT2D eigenvalue weighted by atomic mass is 10.2. The molecule has 3 rings (SSSR count). The van der Waals surface area contributed by atoms with Gasteiger partial charge in [-0.25, -0.2) is 0 Å².